The fourth-order valence-corrected chi connectivity index (χ4v) is 7.46. The van der Waals surface area contributed by atoms with Gasteiger partial charge in [-0.1, -0.05) is 110 Å². The van der Waals surface area contributed by atoms with Crippen molar-refractivity contribution in [1.82, 2.24) is 0 Å². The van der Waals surface area contributed by atoms with Crippen LogP contribution in [0.1, 0.15) is 43.6 Å². The third-order valence-corrected chi connectivity index (χ3v) is 9.24. The van der Waals surface area contributed by atoms with Crippen molar-refractivity contribution < 1.29 is 0 Å². The minimum Gasteiger partial charge on any atom is -0.355 e. The Morgan fingerprint density at radius 2 is 1.24 bits per heavy atom. The quantitative estimate of drug-likeness (QED) is 0.283. The van der Waals surface area contributed by atoms with Gasteiger partial charge in [-0.3, -0.25) is 0 Å². The maximum Gasteiger partial charge on any atom is 0.0504 e. The summed E-state index contributed by atoms with van der Waals surface area (Å²) in [6.07, 6.45) is 6.54. The van der Waals surface area contributed by atoms with Gasteiger partial charge in [0.1, 0.15) is 0 Å². The van der Waals surface area contributed by atoms with Crippen LogP contribution in [-0.2, 0) is 0 Å². The fourth-order valence-electron chi connectivity index (χ4n) is 4.89. The van der Waals surface area contributed by atoms with E-state index in [0.29, 0.717) is 5.92 Å². The lowest BCUT2D eigenvalue weighted by Gasteiger charge is -2.29. The molecule has 0 bridgehead atoms. The number of benzene rings is 4. The number of rotatable bonds is 6. The summed E-state index contributed by atoms with van der Waals surface area (Å²) in [7, 11) is -0.695. The Morgan fingerprint density at radius 3 is 1.85 bits per heavy atom. The highest BCUT2D eigenvalue weighted by molar-refractivity contribution is 7.80. The van der Waals surface area contributed by atoms with E-state index in [1.54, 1.807) is 0 Å². The second kappa shape index (κ2) is 10.6. The number of nitrogens with one attached hydrogen (secondary N) is 1. The SMILES string of the molecule is Clc1ccc(Nc2c(C3CCCCC3)cccc2P(c2ccccc2)c2ccccc2)cc1. The summed E-state index contributed by atoms with van der Waals surface area (Å²) in [6.45, 7) is 0. The number of para-hydroxylation sites is 1. The Kier molecular flexibility index (Phi) is 7.10. The summed E-state index contributed by atoms with van der Waals surface area (Å²) >= 11 is 6.18. The molecular formula is C30H29ClNP. The first-order valence-corrected chi connectivity index (χ1v) is 13.6. The second-order valence-electron chi connectivity index (χ2n) is 8.71. The molecule has 0 amide bonds. The summed E-state index contributed by atoms with van der Waals surface area (Å²) in [5.41, 5.74) is 3.83. The van der Waals surface area contributed by atoms with E-state index in [1.807, 2.05) is 12.1 Å². The Balaban J connectivity index is 1.68. The van der Waals surface area contributed by atoms with Crippen LogP contribution in [0, 0.1) is 0 Å². The molecule has 166 valence electrons. The molecule has 0 atom stereocenters. The number of hydrogen-bond donors (Lipinski definition) is 1. The molecule has 1 fully saturated rings. The highest BCUT2D eigenvalue weighted by Crippen LogP contribution is 2.42. The van der Waals surface area contributed by atoms with Crippen molar-refractivity contribution in [3.63, 3.8) is 0 Å². The molecule has 3 heteroatoms. The van der Waals surface area contributed by atoms with Gasteiger partial charge >= 0.3 is 0 Å². The predicted octanol–water partition coefficient (Wildman–Crippen LogP) is 7.89. The summed E-state index contributed by atoms with van der Waals surface area (Å²) in [5, 5.41) is 8.74. The molecule has 5 rings (SSSR count). The van der Waals surface area contributed by atoms with Crippen molar-refractivity contribution in [3.8, 4) is 0 Å². The molecule has 1 saturated carbocycles. The fraction of sp³-hybridized carbons (Fsp3) is 0.200. The van der Waals surface area contributed by atoms with E-state index < -0.39 is 7.92 Å². The predicted molar refractivity (Wildman–Crippen MR) is 146 cm³/mol. The van der Waals surface area contributed by atoms with Crippen LogP contribution in [0.5, 0.6) is 0 Å². The van der Waals surface area contributed by atoms with Crippen molar-refractivity contribution in [2.24, 2.45) is 0 Å². The monoisotopic (exact) mass is 469 g/mol. The largest absolute Gasteiger partial charge is 0.355 e. The minimum atomic E-state index is -0.695. The summed E-state index contributed by atoms with van der Waals surface area (Å²) in [4.78, 5) is 0. The van der Waals surface area contributed by atoms with Crippen LogP contribution in [0.4, 0.5) is 11.4 Å². The van der Waals surface area contributed by atoms with E-state index in [4.69, 9.17) is 11.6 Å². The molecule has 33 heavy (non-hydrogen) atoms. The molecule has 0 unspecified atom stereocenters. The van der Waals surface area contributed by atoms with Crippen molar-refractivity contribution in [3.05, 3.63) is 114 Å². The van der Waals surface area contributed by atoms with E-state index in [-0.39, 0.29) is 0 Å². The van der Waals surface area contributed by atoms with E-state index in [9.17, 15) is 0 Å². The first-order chi connectivity index (χ1) is 16.3. The van der Waals surface area contributed by atoms with Gasteiger partial charge in [0.2, 0.25) is 0 Å². The van der Waals surface area contributed by atoms with Crippen LogP contribution in [0.2, 0.25) is 5.02 Å². The molecule has 0 aliphatic heterocycles. The van der Waals surface area contributed by atoms with E-state index in [2.05, 4.69) is 96.3 Å². The highest BCUT2D eigenvalue weighted by atomic mass is 35.5. The van der Waals surface area contributed by atoms with Crippen LogP contribution in [0.15, 0.2) is 103 Å². The minimum absolute atomic E-state index is 0.608. The smallest absolute Gasteiger partial charge is 0.0504 e. The van der Waals surface area contributed by atoms with Gasteiger partial charge in [-0.25, -0.2) is 0 Å². The van der Waals surface area contributed by atoms with Gasteiger partial charge in [0.05, 0.1) is 5.69 Å². The lowest BCUT2D eigenvalue weighted by Crippen LogP contribution is -2.24. The molecule has 0 spiro atoms. The van der Waals surface area contributed by atoms with E-state index in [1.165, 1.54) is 59.3 Å². The maximum atomic E-state index is 6.18. The molecule has 0 radical (unpaired) electrons. The topological polar surface area (TPSA) is 12.0 Å². The standard InChI is InChI=1S/C30H29ClNP/c31-24-19-21-25(22-20-24)32-30-28(23-11-4-1-5-12-23)17-10-18-29(30)33(26-13-6-2-7-14-26)27-15-8-3-9-16-27/h2-3,6-10,13-23,32H,1,4-5,11-12H2. The molecule has 1 aliphatic carbocycles. The Hall–Kier alpha value is -2.60. The summed E-state index contributed by atoms with van der Waals surface area (Å²) in [6, 6.07) is 37.0. The van der Waals surface area contributed by atoms with E-state index in [0.717, 1.165) is 10.7 Å². The van der Waals surface area contributed by atoms with Crippen LogP contribution in [-0.4, -0.2) is 0 Å². The van der Waals surface area contributed by atoms with E-state index >= 15 is 0 Å². The van der Waals surface area contributed by atoms with Gasteiger partial charge < -0.3 is 5.32 Å². The Morgan fingerprint density at radius 1 is 0.636 bits per heavy atom. The molecular weight excluding hydrogens is 441 g/mol. The number of halogens is 1. The van der Waals surface area contributed by atoms with Crippen molar-refractivity contribution in [2.75, 3.05) is 5.32 Å². The first kappa shape index (κ1) is 22.2. The summed E-state index contributed by atoms with van der Waals surface area (Å²) in [5.74, 6) is 0.608. The van der Waals surface area contributed by atoms with Gasteiger partial charge in [0, 0.05) is 16.0 Å². The molecule has 4 aromatic rings. The van der Waals surface area contributed by atoms with Gasteiger partial charge in [-0.05, 0) is 67.1 Å². The zero-order chi connectivity index (χ0) is 22.5. The van der Waals surface area contributed by atoms with Crippen molar-refractivity contribution in [2.45, 2.75) is 38.0 Å². The van der Waals surface area contributed by atoms with Crippen LogP contribution in [0.25, 0.3) is 0 Å². The summed E-state index contributed by atoms with van der Waals surface area (Å²) < 4.78 is 0. The van der Waals surface area contributed by atoms with Crippen LogP contribution in [0.3, 0.4) is 0 Å². The molecule has 1 aliphatic rings. The zero-order valence-electron chi connectivity index (χ0n) is 18.8. The molecule has 1 nitrogen and oxygen atoms in total. The van der Waals surface area contributed by atoms with Gasteiger partial charge in [0.25, 0.3) is 0 Å². The maximum absolute atomic E-state index is 6.18. The number of anilines is 2. The third-order valence-electron chi connectivity index (χ3n) is 6.50. The molecule has 0 heterocycles. The molecule has 4 aromatic carbocycles. The highest BCUT2D eigenvalue weighted by Gasteiger charge is 2.25. The average molecular weight is 470 g/mol. The average Bonchev–Trinajstić information content (AvgIpc) is 2.88. The van der Waals surface area contributed by atoms with Gasteiger partial charge in [-0.2, -0.15) is 0 Å². The van der Waals surface area contributed by atoms with Crippen LogP contribution < -0.4 is 21.2 Å². The lowest BCUT2D eigenvalue weighted by molar-refractivity contribution is 0.444. The molecule has 0 saturated heterocycles. The zero-order valence-corrected chi connectivity index (χ0v) is 20.4. The first-order valence-electron chi connectivity index (χ1n) is 11.9. The Labute approximate surface area is 203 Å². The van der Waals surface area contributed by atoms with Crippen molar-refractivity contribution >= 4 is 46.8 Å². The molecule has 0 aromatic heterocycles. The second-order valence-corrected chi connectivity index (χ2v) is 11.3. The lowest BCUT2D eigenvalue weighted by atomic mass is 9.83. The van der Waals surface area contributed by atoms with Crippen LogP contribution >= 0.6 is 19.5 Å². The van der Waals surface area contributed by atoms with Gasteiger partial charge in [0.15, 0.2) is 0 Å². The molecule has 1 N–H and O–H groups in total. The van der Waals surface area contributed by atoms with Crippen molar-refractivity contribution in [1.29, 1.82) is 0 Å². The normalized spacial score (nSPS) is 14.4. The van der Waals surface area contributed by atoms with Gasteiger partial charge in [-0.15, -0.1) is 0 Å². The third kappa shape index (κ3) is 5.16. The Bertz CT molecular complexity index is 1130. The number of hydrogen-bond acceptors (Lipinski definition) is 1.